The Morgan fingerprint density at radius 1 is 0.536 bits per heavy atom. The molecule has 0 amide bonds. The second kappa shape index (κ2) is 6.65. The van der Waals surface area contributed by atoms with Crippen molar-refractivity contribution in [1.82, 2.24) is 0 Å². The van der Waals surface area contributed by atoms with Crippen LogP contribution in [-0.4, -0.2) is 0 Å². The largest absolute Gasteiger partial charge is 0.0830 e. The average molecular weight is 403 g/mol. The van der Waals surface area contributed by atoms with E-state index in [-0.39, 0.29) is 0 Å². The summed E-state index contributed by atoms with van der Waals surface area (Å²) in [5.41, 5.74) is 2.81. The van der Waals surface area contributed by atoms with E-state index in [2.05, 4.69) is 74.5 Å². The van der Waals surface area contributed by atoms with Gasteiger partial charge in [0.05, 0.1) is 10.0 Å². The Labute approximate surface area is 174 Å². The van der Waals surface area contributed by atoms with Crippen molar-refractivity contribution < 1.29 is 0 Å². The van der Waals surface area contributed by atoms with E-state index in [9.17, 15) is 0 Å². The maximum Gasteiger partial charge on any atom is 0.0564 e. The Balaban J connectivity index is 1.94. The molecule has 0 N–H and O–H groups in total. The smallest absolute Gasteiger partial charge is 0.0564 e. The molecule has 0 aliphatic heterocycles. The third-order valence-corrected chi connectivity index (χ3v) is 6.70. The summed E-state index contributed by atoms with van der Waals surface area (Å²) in [6.45, 7) is 4.42. The number of halogens is 2. The molecule has 5 aromatic rings. The fraction of sp³-hybridized carbons (Fsp3) is 0.154. The second-order valence-corrected chi connectivity index (χ2v) is 8.20. The van der Waals surface area contributed by atoms with Crippen molar-refractivity contribution in [3.05, 3.63) is 81.8 Å². The number of rotatable bonds is 2. The number of fused-ring (bicyclic) bond motifs is 4. The molecule has 5 rings (SSSR count). The summed E-state index contributed by atoms with van der Waals surface area (Å²) >= 11 is 13.8. The van der Waals surface area contributed by atoms with Crippen LogP contribution in [0.2, 0.25) is 10.0 Å². The third kappa shape index (κ3) is 2.59. The van der Waals surface area contributed by atoms with Gasteiger partial charge in [-0.25, -0.2) is 0 Å². The minimum atomic E-state index is 0.777. The zero-order valence-electron chi connectivity index (χ0n) is 15.9. The molecule has 0 fully saturated rings. The van der Waals surface area contributed by atoms with Crippen LogP contribution >= 0.6 is 23.2 Å². The second-order valence-electron chi connectivity index (χ2n) is 7.45. The highest BCUT2D eigenvalue weighted by molar-refractivity contribution is 6.48. The Bertz CT molecular complexity index is 1290. The van der Waals surface area contributed by atoms with E-state index < -0.39 is 0 Å². The van der Waals surface area contributed by atoms with Crippen LogP contribution in [0.5, 0.6) is 0 Å². The molecule has 2 heteroatoms. The van der Waals surface area contributed by atoms with Crippen molar-refractivity contribution in [2.45, 2.75) is 26.7 Å². The van der Waals surface area contributed by atoms with Crippen LogP contribution in [0.3, 0.4) is 0 Å². The van der Waals surface area contributed by atoms with E-state index >= 15 is 0 Å². The third-order valence-electron chi connectivity index (χ3n) is 5.89. The predicted octanol–water partition coefficient (Wildman–Crippen LogP) is 8.73. The fourth-order valence-electron chi connectivity index (χ4n) is 4.36. The summed E-state index contributed by atoms with van der Waals surface area (Å²) in [5, 5.41) is 10.4. The zero-order valence-corrected chi connectivity index (χ0v) is 17.5. The molecule has 0 aliphatic carbocycles. The van der Waals surface area contributed by atoms with Gasteiger partial charge in [-0.2, -0.15) is 0 Å². The summed E-state index contributed by atoms with van der Waals surface area (Å²) in [6.07, 6.45) is 2.07. The zero-order chi connectivity index (χ0) is 19.4. The van der Waals surface area contributed by atoms with Crippen molar-refractivity contribution in [1.29, 1.82) is 0 Å². The maximum absolute atomic E-state index is 6.92. The van der Waals surface area contributed by atoms with Gasteiger partial charge in [-0.3, -0.25) is 0 Å². The Morgan fingerprint density at radius 3 is 1.25 bits per heavy atom. The Morgan fingerprint density at radius 2 is 0.893 bits per heavy atom. The molecule has 0 spiro atoms. The van der Waals surface area contributed by atoms with E-state index in [1.165, 1.54) is 32.7 Å². The van der Waals surface area contributed by atoms with Crippen molar-refractivity contribution in [2.24, 2.45) is 0 Å². The molecule has 0 unspecified atom stereocenters. The number of hydrogen-bond acceptors (Lipinski definition) is 0. The molecule has 138 valence electrons. The van der Waals surface area contributed by atoms with Crippen molar-refractivity contribution >= 4 is 66.3 Å². The molecular weight excluding hydrogens is 383 g/mol. The molecule has 0 heterocycles. The number of hydrogen-bond donors (Lipinski definition) is 0. The monoisotopic (exact) mass is 402 g/mol. The van der Waals surface area contributed by atoms with Gasteiger partial charge in [0.15, 0.2) is 0 Å². The summed E-state index contributed by atoms with van der Waals surface area (Å²) in [5.74, 6) is 0. The van der Waals surface area contributed by atoms with E-state index in [4.69, 9.17) is 23.2 Å². The quantitative estimate of drug-likeness (QED) is 0.259. The van der Waals surface area contributed by atoms with Crippen LogP contribution in [0.15, 0.2) is 60.7 Å². The summed E-state index contributed by atoms with van der Waals surface area (Å²) in [4.78, 5) is 0. The van der Waals surface area contributed by atoms with Crippen LogP contribution in [0.4, 0.5) is 0 Å². The molecule has 28 heavy (non-hydrogen) atoms. The van der Waals surface area contributed by atoms with E-state index in [1.807, 2.05) is 0 Å². The van der Waals surface area contributed by atoms with Crippen LogP contribution in [0.25, 0.3) is 43.1 Å². The maximum atomic E-state index is 6.92. The Hall–Kier alpha value is -2.28. The lowest BCUT2D eigenvalue weighted by Crippen LogP contribution is -1.92. The van der Waals surface area contributed by atoms with E-state index in [1.54, 1.807) is 0 Å². The van der Waals surface area contributed by atoms with Gasteiger partial charge in [-0.1, -0.05) is 73.4 Å². The highest BCUT2D eigenvalue weighted by atomic mass is 35.5. The molecule has 0 atom stereocenters. The van der Waals surface area contributed by atoms with Crippen LogP contribution in [-0.2, 0) is 12.8 Å². The molecular formula is C26H20Cl2. The standard InChI is InChI=1S/C26H20Cl2/c1-3-15-9-19-13-23-24(14-20(19)10-16(15)4-2)26(28)22-12-18-8-6-5-7-17(18)11-21(22)25(23)27/h5-14H,3-4H2,1-2H3. The van der Waals surface area contributed by atoms with Gasteiger partial charge in [0, 0.05) is 21.5 Å². The Kier molecular flexibility index (Phi) is 4.23. The molecule has 0 nitrogen and oxygen atoms in total. The van der Waals surface area contributed by atoms with Crippen LogP contribution < -0.4 is 0 Å². The molecule has 0 aromatic heterocycles. The molecule has 5 aromatic carbocycles. The molecule has 0 aliphatic rings. The number of benzene rings is 5. The minimum Gasteiger partial charge on any atom is -0.0830 e. The van der Waals surface area contributed by atoms with Gasteiger partial charge in [0.25, 0.3) is 0 Å². The molecule has 0 saturated heterocycles. The first-order chi connectivity index (χ1) is 13.6. The first-order valence-electron chi connectivity index (χ1n) is 9.79. The lowest BCUT2D eigenvalue weighted by atomic mass is 9.93. The summed E-state index contributed by atoms with van der Waals surface area (Å²) in [6, 6.07) is 21.7. The lowest BCUT2D eigenvalue weighted by molar-refractivity contribution is 1.04. The van der Waals surface area contributed by atoms with Crippen molar-refractivity contribution in [2.75, 3.05) is 0 Å². The van der Waals surface area contributed by atoms with Gasteiger partial charge in [-0.05, 0) is 69.8 Å². The van der Waals surface area contributed by atoms with Crippen LogP contribution in [0.1, 0.15) is 25.0 Å². The van der Waals surface area contributed by atoms with Gasteiger partial charge in [0.1, 0.15) is 0 Å². The first kappa shape index (κ1) is 17.8. The SMILES string of the molecule is CCc1cc2cc3c(Cl)c4cc5ccccc5cc4c(Cl)c3cc2cc1CC. The topological polar surface area (TPSA) is 0 Å². The minimum absolute atomic E-state index is 0.777. The molecule has 0 bridgehead atoms. The number of aryl methyl sites for hydroxylation is 2. The average Bonchev–Trinajstić information content (AvgIpc) is 2.74. The van der Waals surface area contributed by atoms with E-state index in [0.717, 1.165) is 44.4 Å². The van der Waals surface area contributed by atoms with Gasteiger partial charge < -0.3 is 0 Å². The van der Waals surface area contributed by atoms with E-state index in [0.29, 0.717) is 0 Å². The normalized spacial score (nSPS) is 11.9. The van der Waals surface area contributed by atoms with Crippen LogP contribution in [0, 0.1) is 0 Å². The highest BCUT2D eigenvalue weighted by Crippen LogP contribution is 2.42. The predicted molar refractivity (Wildman–Crippen MR) is 125 cm³/mol. The van der Waals surface area contributed by atoms with Gasteiger partial charge in [-0.15, -0.1) is 0 Å². The highest BCUT2D eigenvalue weighted by Gasteiger charge is 2.14. The summed E-state index contributed by atoms with van der Waals surface area (Å²) in [7, 11) is 0. The lowest BCUT2D eigenvalue weighted by Gasteiger charge is -2.14. The van der Waals surface area contributed by atoms with Gasteiger partial charge >= 0.3 is 0 Å². The van der Waals surface area contributed by atoms with Gasteiger partial charge in [0.2, 0.25) is 0 Å². The molecule has 0 saturated carbocycles. The molecule has 0 radical (unpaired) electrons. The first-order valence-corrected chi connectivity index (χ1v) is 10.5. The van der Waals surface area contributed by atoms with Crippen molar-refractivity contribution in [3.8, 4) is 0 Å². The summed E-state index contributed by atoms with van der Waals surface area (Å²) < 4.78 is 0. The fourth-order valence-corrected chi connectivity index (χ4v) is 4.98. The van der Waals surface area contributed by atoms with Crippen molar-refractivity contribution in [3.63, 3.8) is 0 Å².